The van der Waals surface area contributed by atoms with Crippen molar-refractivity contribution < 1.29 is 9.90 Å². The second-order valence-corrected chi connectivity index (χ2v) is 8.97. The molecular weight excluding hydrogens is 462 g/mol. The number of aliphatic hydroxyl groups is 1. The molecule has 1 atom stereocenters. The van der Waals surface area contributed by atoms with Gasteiger partial charge in [-0.3, -0.25) is 9.59 Å². The van der Waals surface area contributed by atoms with E-state index in [1.807, 2.05) is 43.4 Å². The predicted molar refractivity (Wildman–Crippen MR) is 137 cm³/mol. The average molecular weight is 484 g/mol. The zero-order valence-corrected chi connectivity index (χ0v) is 19.9. The summed E-state index contributed by atoms with van der Waals surface area (Å²) in [5.74, 6) is 0. The van der Waals surface area contributed by atoms with E-state index in [-0.39, 0.29) is 5.56 Å². The molecule has 0 radical (unpaired) electrons. The lowest BCUT2D eigenvalue weighted by Crippen LogP contribution is -2.31. The second kappa shape index (κ2) is 8.65. The Labute approximate surface area is 206 Å². The number of aldehydes is 1. The maximum atomic E-state index is 12.7. The van der Waals surface area contributed by atoms with Crippen LogP contribution in [-0.4, -0.2) is 25.5 Å². The molecule has 0 aliphatic carbocycles. The van der Waals surface area contributed by atoms with Crippen LogP contribution < -0.4 is 5.56 Å². The lowest BCUT2D eigenvalue weighted by Gasteiger charge is -2.30. The van der Waals surface area contributed by atoms with Crippen LogP contribution in [-0.2, 0) is 19.7 Å². The molecule has 0 amide bonds. The first-order valence-electron chi connectivity index (χ1n) is 11.0. The van der Waals surface area contributed by atoms with Crippen LogP contribution in [0.3, 0.4) is 0 Å². The van der Waals surface area contributed by atoms with Crippen LogP contribution in [0.2, 0.25) is 5.02 Å². The highest BCUT2D eigenvalue weighted by atomic mass is 35.5. The summed E-state index contributed by atoms with van der Waals surface area (Å²) in [7, 11) is 3.53. The topological polar surface area (TPSA) is 77.1 Å². The third-order valence-corrected chi connectivity index (χ3v) is 6.69. The summed E-state index contributed by atoms with van der Waals surface area (Å²) in [6, 6.07) is 21.3. The highest BCUT2D eigenvalue weighted by molar-refractivity contribution is 6.30. The van der Waals surface area contributed by atoms with Gasteiger partial charge in [-0.1, -0.05) is 54.1 Å². The molecule has 3 aromatic carbocycles. The number of imidazole rings is 1. The second-order valence-electron chi connectivity index (χ2n) is 8.54. The van der Waals surface area contributed by atoms with E-state index in [2.05, 4.69) is 4.98 Å². The molecule has 5 aromatic rings. The molecule has 2 aromatic heterocycles. The number of benzene rings is 3. The number of hydrogen-bond acceptors (Lipinski definition) is 4. The van der Waals surface area contributed by atoms with Crippen LogP contribution in [0, 0.1) is 0 Å². The molecule has 2 heterocycles. The number of fused-ring (bicyclic) bond motifs is 1. The van der Waals surface area contributed by atoms with Gasteiger partial charge in [0.1, 0.15) is 6.29 Å². The fourth-order valence-electron chi connectivity index (χ4n) is 4.55. The van der Waals surface area contributed by atoms with Gasteiger partial charge < -0.3 is 14.2 Å². The summed E-state index contributed by atoms with van der Waals surface area (Å²) in [4.78, 5) is 28.2. The van der Waals surface area contributed by atoms with E-state index in [1.54, 1.807) is 65.1 Å². The first-order chi connectivity index (χ1) is 16.8. The highest BCUT2D eigenvalue weighted by Gasteiger charge is 2.37. The molecular formula is C28H22ClN3O3. The van der Waals surface area contributed by atoms with Crippen molar-refractivity contribution in [3.8, 4) is 11.1 Å². The molecule has 0 spiro atoms. The number of halogens is 1. The molecule has 7 heteroatoms. The number of rotatable bonds is 5. The number of carbonyl (C=O) groups excluding carboxylic acids is 1. The van der Waals surface area contributed by atoms with E-state index in [1.165, 1.54) is 0 Å². The molecule has 0 saturated carbocycles. The third-order valence-electron chi connectivity index (χ3n) is 6.45. The Morgan fingerprint density at radius 3 is 2.37 bits per heavy atom. The summed E-state index contributed by atoms with van der Waals surface area (Å²) < 4.78 is 3.34. The minimum Gasteiger partial charge on any atom is -0.374 e. The van der Waals surface area contributed by atoms with E-state index in [0.717, 1.165) is 28.3 Å². The fraction of sp³-hybridized carbons (Fsp3) is 0.107. The van der Waals surface area contributed by atoms with Crippen LogP contribution in [0.5, 0.6) is 0 Å². The van der Waals surface area contributed by atoms with Gasteiger partial charge in [0.05, 0.1) is 23.7 Å². The summed E-state index contributed by atoms with van der Waals surface area (Å²) >= 11 is 6.25. The molecule has 1 N–H and O–H groups in total. The van der Waals surface area contributed by atoms with Gasteiger partial charge in [-0.2, -0.15) is 0 Å². The maximum Gasteiger partial charge on any atom is 0.251 e. The minimum absolute atomic E-state index is 0.147. The predicted octanol–water partition coefficient (Wildman–Crippen LogP) is 4.69. The van der Waals surface area contributed by atoms with E-state index in [9.17, 15) is 14.7 Å². The molecule has 0 aliphatic rings. The largest absolute Gasteiger partial charge is 0.374 e. The molecule has 35 heavy (non-hydrogen) atoms. The maximum absolute atomic E-state index is 12.7. The molecule has 5 rings (SSSR count). The van der Waals surface area contributed by atoms with Gasteiger partial charge in [-0.25, -0.2) is 4.98 Å². The van der Waals surface area contributed by atoms with E-state index < -0.39 is 5.60 Å². The van der Waals surface area contributed by atoms with Crippen molar-refractivity contribution in [2.75, 3.05) is 0 Å². The standard InChI is InChI=1S/C28H22ClN3O3/c1-31-17-30-15-26(31)28(35,20-8-6-18(16-33)7-9-20)21-10-11-25-24(13-21)23(14-27(34)32(25)2)19-4-3-5-22(29)12-19/h3-17,35H,1-2H3. The Hall–Kier alpha value is -4.00. The fourth-order valence-corrected chi connectivity index (χ4v) is 4.74. The van der Waals surface area contributed by atoms with E-state index in [0.29, 0.717) is 27.4 Å². The van der Waals surface area contributed by atoms with Gasteiger partial charge in [0.25, 0.3) is 5.56 Å². The summed E-state index contributed by atoms with van der Waals surface area (Å²) in [6.07, 6.45) is 4.01. The summed E-state index contributed by atoms with van der Waals surface area (Å²) in [5.41, 5.74) is 2.78. The van der Waals surface area contributed by atoms with Gasteiger partial charge in [0.15, 0.2) is 5.60 Å². The van der Waals surface area contributed by atoms with Crippen molar-refractivity contribution in [1.82, 2.24) is 14.1 Å². The quantitative estimate of drug-likeness (QED) is 0.368. The number of aryl methyl sites for hydroxylation is 2. The lowest BCUT2D eigenvalue weighted by atomic mass is 9.82. The number of carbonyl (C=O) groups is 1. The first kappa shape index (κ1) is 22.8. The molecule has 1 unspecified atom stereocenters. The van der Waals surface area contributed by atoms with Gasteiger partial charge in [0.2, 0.25) is 0 Å². The molecule has 174 valence electrons. The number of nitrogens with zero attached hydrogens (tertiary/aromatic N) is 3. The molecule has 0 aliphatic heterocycles. The van der Waals surface area contributed by atoms with Gasteiger partial charge >= 0.3 is 0 Å². The van der Waals surface area contributed by atoms with Crippen molar-refractivity contribution >= 4 is 28.8 Å². The Morgan fingerprint density at radius 1 is 0.971 bits per heavy atom. The Bertz CT molecular complexity index is 1640. The number of pyridine rings is 1. The lowest BCUT2D eigenvalue weighted by molar-refractivity contribution is 0.111. The zero-order valence-electron chi connectivity index (χ0n) is 19.1. The van der Waals surface area contributed by atoms with Crippen molar-refractivity contribution in [2.45, 2.75) is 5.60 Å². The molecule has 0 saturated heterocycles. The highest BCUT2D eigenvalue weighted by Crippen LogP contribution is 2.39. The monoisotopic (exact) mass is 483 g/mol. The first-order valence-corrected chi connectivity index (χ1v) is 11.4. The van der Waals surface area contributed by atoms with Gasteiger partial charge in [-0.15, -0.1) is 0 Å². The normalized spacial score (nSPS) is 13.0. The molecule has 0 bridgehead atoms. The SMILES string of the molecule is Cn1cncc1C(O)(c1ccc(C=O)cc1)c1ccc2c(c1)c(-c1cccc(Cl)c1)cc(=O)n2C. The van der Waals surface area contributed by atoms with Crippen molar-refractivity contribution in [3.05, 3.63) is 123 Å². The Kier molecular flexibility index (Phi) is 5.63. The zero-order chi connectivity index (χ0) is 24.7. The smallest absolute Gasteiger partial charge is 0.251 e. The van der Waals surface area contributed by atoms with Crippen molar-refractivity contribution in [3.63, 3.8) is 0 Å². The number of aromatic nitrogens is 3. The third kappa shape index (κ3) is 3.77. The van der Waals surface area contributed by atoms with Crippen molar-refractivity contribution in [1.29, 1.82) is 0 Å². The number of hydrogen-bond donors (Lipinski definition) is 1. The molecule has 6 nitrogen and oxygen atoms in total. The van der Waals surface area contributed by atoms with Crippen LogP contribution in [0.1, 0.15) is 27.2 Å². The Morgan fingerprint density at radius 2 is 1.71 bits per heavy atom. The average Bonchev–Trinajstić information content (AvgIpc) is 3.31. The van der Waals surface area contributed by atoms with Crippen LogP contribution in [0.15, 0.2) is 90.1 Å². The van der Waals surface area contributed by atoms with E-state index >= 15 is 0 Å². The van der Waals surface area contributed by atoms with Gasteiger partial charge in [-0.05, 0) is 46.5 Å². The minimum atomic E-state index is -1.57. The Balaban J connectivity index is 1.83. The van der Waals surface area contributed by atoms with Crippen molar-refractivity contribution in [2.24, 2.45) is 14.1 Å². The summed E-state index contributed by atoms with van der Waals surface area (Å²) in [5, 5.41) is 13.7. The van der Waals surface area contributed by atoms with Crippen LogP contribution >= 0.6 is 11.6 Å². The van der Waals surface area contributed by atoms with Gasteiger partial charge in [0, 0.05) is 36.1 Å². The van der Waals surface area contributed by atoms with Crippen LogP contribution in [0.4, 0.5) is 0 Å². The summed E-state index contributed by atoms with van der Waals surface area (Å²) in [6.45, 7) is 0. The van der Waals surface area contributed by atoms with E-state index in [4.69, 9.17) is 11.6 Å². The van der Waals surface area contributed by atoms with Crippen LogP contribution in [0.25, 0.3) is 22.0 Å². The molecule has 0 fully saturated rings.